The summed E-state index contributed by atoms with van der Waals surface area (Å²) in [4.78, 5) is 138. The number of fused-ring (bicyclic) bond motifs is 1. The van der Waals surface area contributed by atoms with Gasteiger partial charge in [0.15, 0.2) is 0 Å². The number of H-pyrrole nitrogens is 1. The number of carbonyl (C=O) groups excluding carboxylic acids is 9. The number of primary amides is 1. The molecule has 27 heteroatoms. The van der Waals surface area contributed by atoms with E-state index in [0.29, 0.717) is 46.0 Å². The van der Waals surface area contributed by atoms with Gasteiger partial charge in [-0.25, -0.2) is 9.59 Å². The van der Waals surface area contributed by atoms with Crippen LogP contribution in [0.3, 0.4) is 0 Å². The number of rotatable bonds is 32. The van der Waals surface area contributed by atoms with Crippen LogP contribution in [0, 0.1) is 0 Å². The van der Waals surface area contributed by atoms with Crippen LogP contribution in [0.15, 0.2) is 120 Å². The Hall–Kier alpha value is -9.37. The Bertz CT molecular complexity index is 3270. The molecule has 4 aromatic carbocycles. The second-order valence-electron chi connectivity index (χ2n) is 21.1. The van der Waals surface area contributed by atoms with Gasteiger partial charge in [-0.2, -0.15) is 8.42 Å². The van der Waals surface area contributed by atoms with E-state index >= 15 is 0 Å². The monoisotopic (exact) mass is 1210 g/mol. The summed E-state index contributed by atoms with van der Waals surface area (Å²) in [6.45, 7) is 5.73. The molecule has 1 heterocycles. The molecule has 86 heavy (non-hydrogen) atoms. The van der Waals surface area contributed by atoms with Gasteiger partial charge in [0.05, 0.1) is 17.9 Å². The van der Waals surface area contributed by atoms with Gasteiger partial charge in [-0.1, -0.05) is 111 Å². The highest BCUT2D eigenvalue weighted by Crippen LogP contribution is 2.20. The summed E-state index contributed by atoms with van der Waals surface area (Å²) >= 11 is 0. The van der Waals surface area contributed by atoms with Crippen molar-refractivity contribution in [2.24, 2.45) is 5.73 Å². The number of amides is 9. The van der Waals surface area contributed by atoms with Crippen molar-refractivity contribution in [2.75, 3.05) is 13.1 Å². The third-order valence-electron chi connectivity index (χ3n) is 13.1. The zero-order chi connectivity index (χ0) is 63.0. The lowest BCUT2D eigenvalue weighted by atomic mass is 10.0. The number of carboxylic acids is 1. The predicted octanol–water partition coefficient (Wildman–Crippen LogP) is 2.73. The number of unbranched alkanes of at least 4 members (excludes halogenated alkanes) is 1. The minimum atomic E-state index is -4.55. The van der Waals surface area contributed by atoms with Crippen molar-refractivity contribution in [2.45, 2.75) is 139 Å². The first-order valence-electron chi connectivity index (χ1n) is 27.7. The first kappa shape index (κ1) is 67.4. The van der Waals surface area contributed by atoms with Gasteiger partial charge in [-0.05, 0) is 80.5 Å². The minimum absolute atomic E-state index is 0.0153. The maximum atomic E-state index is 14.7. The lowest BCUT2D eigenvalue weighted by Crippen LogP contribution is -2.59. The molecule has 0 bridgehead atoms. The van der Waals surface area contributed by atoms with Crippen LogP contribution in [0.4, 0.5) is 9.59 Å². The summed E-state index contributed by atoms with van der Waals surface area (Å²) in [5.41, 5.74) is 7.54. The van der Waals surface area contributed by atoms with Crippen LogP contribution < -0.4 is 48.3 Å². The molecule has 5 aromatic rings. The summed E-state index contributed by atoms with van der Waals surface area (Å²) in [7, 11) is -4.55. The third kappa shape index (κ3) is 23.0. The number of aromatic nitrogens is 1. The van der Waals surface area contributed by atoms with Gasteiger partial charge in [0.2, 0.25) is 41.4 Å². The number of aliphatic carboxylic acids is 1. The van der Waals surface area contributed by atoms with Crippen LogP contribution in [0.2, 0.25) is 0 Å². The molecule has 0 saturated heterocycles. The first-order valence-corrected chi connectivity index (χ1v) is 29.1. The lowest BCUT2D eigenvalue weighted by molar-refractivity contribution is -0.141. The van der Waals surface area contributed by atoms with Crippen molar-refractivity contribution in [1.82, 2.24) is 47.5 Å². The molecule has 6 atom stereocenters. The van der Waals surface area contributed by atoms with Crippen molar-refractivity contribution >= 4 is 80.5 Å². The van der Waals surface area contributed by atoms with Crippen LogP contribution in [0.5, 0.6) is 0 Å². The van der Waals surface area contributed by atoms with Crippen LogP contribution in [0.25, 0.3) is 10.9 Å². The van der Waals surface area contributed by atoms with E-state index in [9.17, 15) is 66.0 Å². The number of carbonyl (C=O) groups is 10. The number of benzene rings is 4. The molecule has 0 aliphatic rings. The number of ether oxygens (including phenoxy) is 2. The van der Waals surface area contributed by atoms with Crippen molar-refractivity contribution in [1.29, 1.82) is 0 Å². The average molecular weight is 1210 g/mol. The Morgan fingerprint density at radius 2 is 1.10 bits per heavy atom. The van der Waals surface area contributed by atoms with Gasteiger partial charge in [0.1, 0.15) is 48.5 Å². The molecule has 0 fully saturated rings. The van der Waals surface area contributed by atoms with Crippen molar-refractivity contribution in [3.63, 3.8) is 0 Å². The predicted molar refractivity (Wildman–Crippen MR) is 313 cm³/mol. The van der Waals surface area contributed by atoms with Crippen LogP contribution in [-0.2, 0) is 83.8 Å². The van der Waals surface area contributed by atoms with Gasteiger partial charge >= 0.3 is 18.2 Å². The first-order chi connectivity index (χ1) is 40.8. The van der Waals surface area contributed by atoms with E-state index in [1.54, 1.807) is 112 Å². The van der Waals surface area contributed by atoms with E-state index < -0.39 is 129 Å². The fraction of sp³-hybridized carbons (Fsp3) is 0.390. The summed E-state index contributed by atoms with van der Waals surface area (Å²) in [5.74, 6) is -8.15. The van der Waals surface area contributed by atoms with E-state index in [4.69, 9.17) is 15.2 Å². The van der Waals surface area contributed by atoms with E-state index in [1.165, 1.54) is 12.1 Å². The Morgan fingerprint density at radius 1 is 0.581 bits per heavy atom. The summed E-state index contributed by atoms with van der Waals surface area (Å²) in [6.07, 6.45) is -0.882. The number of nitrogens with two attached hydrogens (primary N) is 1. The number of carboxylic acid groups (broad SMARTS) is 1. The number of aromatic amines is 1. The topological polar surface area (TPSA) is 402 Å². The lowest BCUT2D eigenvalue weighted by Gasteiger charge is -2.26. The molecule has 462 valence electrons. The van der Waals surface area contributed by atoms with Crippen molar-refractivity contribution in [3.05, 3.63) is 138 Å². The molecule has 0 aliphatic carbocycles. The van der Waals surface area contributed by atoms with E-state index in [2.05, 4.69) is 47.5 Å². The molecule has 0 aliphatic heterocycles. The van der Waals surface area contributed by atoms with Crippen LogP contribution >= 0.6 is 0 Å². The Kier molecular flexibility index (Phi) is 25.6. The molecule has 0 spiro atoms. The molecule has 1 aromatic heterocycles. The van der Waals surface area contributed by atoms with E-state index in [1.807, 2.05) is 6.92 Å². The fourth-order valence-corrected chi connectivity index (χ4v) is 9.20. The minimum Gasteiger partial charge on any atom is -0.481 e. The maximum Gasteiger partial charge on any atom is 0.408 e. The van der Waals surface area contributed by atoms with Crippen molar-refractivity contribution < 1.29 is 75.5 Å². The molecule has 9 amide bonds. The smallest absolute Gasteiger partial charge is 0.408 e. The number of para-hydroxylation sites is 1. The Balaban J connectivity index is 1.37. The van der Waals surface area contributed by atoms with Gasteiger partial charge in [-0.3, -0.25) is 42.9 Å². The highest BCUT2D eigenvalue weighted by atomic mass is 32.2. The standard InChI is InChI=1S/C59H74N10O16S/c1-5-6-21-43(65-54(76)46(69-58(80)85-59(2,3)4)30-37-24-26-40(27-25-37)86(81,82)83)52(74)63-34-49(70)64-47(31-39-33-62-42-22-14-13-20-41(39)42)55(77)66-44(23-15-28-61-57(79)84-35-38-18-11-8-12-19-38)53(75)68-48(32-50(71)72)56(78)67-45(51(60)73)29-36-16-9-7-10-17-36/h7-14,16-20,22,24-27,33,43-48,62H,5-6,15,21,23,28-32,34-35H2,1-4H3,(H2,60,73)(H,61,79)(H,63,74)(H,64,70)(H,65,76)(H,66,77)(H,67,78)(H,68,75)(H,69,80)(H,71,72)(H,81,82,83)/t43-,44-,45-,46-,47-,48-/m0/s1. The van der Waals surface area contributed by atoms with Gasteiger partial charge in [0.25, 0.3) is 10.1 Å². The highest BCUT2D eigenvalue weighted by Gasteiger charge is 2.34. The molecule has 0 radical (unpaired) electrons. The van der Waals surface area contributed by atoms with E-state index in [-0.39, 0.29) is 51.7 Å². The highest BCUT2D eigenvalue weighted by molar-refractivity contribution is 7.85. The molecule has 0 saturated carbocycles. The van der Waals surface area contributed by atoms with Gasteiger partial charge in [-0.15, -0.1) is 0 Å². The Morgan fingerprint density at radius 3 is 1.71 bits per heavy atom. The van der Waals surface area contributed by atoms with Crippen molar-refractivity contribution in [3.8, 4) is 0 Å². The molecule has 0 unspecified atom stereocenters. The number of hydrogen-bond donors (Lipinski definition) is 12. The SMILES string of the molecule is CCCC[C@H](NC(=O)[C@H](Cc1ccc(S(=O)(=O)O)cc1)NC(=O)OC(C)(C)C)C(=O)NCC(=O)N[C@@H](Cc1c[nH]c2ccccc12)C(=O)N[C@@H](CCCNC(=O)OCc1ccccc1)C(=O)N[C@@H](CC(=O)O)C(=O)N[C@@H](Cc1ccccc1)C(N)=O. The fourth-order valence-electron chi connectivity index (χ4n) is 8.72. The zero-order valence-electron chi connectivity index (χ0n) is 48.0. The number of alkyl carbamates (subject to hydrolysis) is 2. The molecular formula is C59H74N10O16S. The molecule has 5 rings (SSSR count). The second kappa shape index (κ2) is 32.6. The zero-order valence-corrected chi connectivity index (χ0v) is 48.8. The summed E-state index contributed by atoms with van der Waals surface area (Å²) in [5, 5.41) is 30.7. The quantitative estimate of drug-likeness (QED) is 0.0218. The molecule has 26 nitrogen and oxygen atoms in total. The van der Waals surface area contributed by atoms with Gasteiger partial charge < -0.3 is 67.8 Å². The summed E-state index contributed by atoms with van der Waals surface area (Å²) in [6, 6.07) is 20.3. The number of hydrogen-bond acceptors (Lipinski definition) is 14. The molecular weight excluding hydrogens is 1140 g/mol. The normalized spacial score (nSPS) is 13.4. The second-order valence-corrected chi connectivity index (χ2v) is 22.6. The summed E-state index contributed by atoms with van der Waals surface area (Å²) < 4.78 is 43.5. The number of nitrogens with one attached hydrogen (secondary N) is 9. The van der Waals surface area contributed by atoms with E-state index in [0.717, 1.165) is 12.1 Å². The average Bonchev–Trinajstić information content (AvgIpc) is 4.11. The third-order valence-corrected chi connectivity index (χ3v) is 13.9. The van der Waals surface area contributed by atoms with Crippen LogP contribution in [0.1, 0.15) is 88.5 Å². The van der Waals surface area contributed by atoms with Crippen LogP contribution in [-0.4, -0.2) is 138 Å². The maximum absolute atomic E-state index is 14.7. The molecule has 13 N–H and O–H groups in total. The largest absolute Gasteiger partial charge is 0.481 e. The Labute approximate surface area is 497 Å². The van der Waals surface area contributed by atoms with Gasteiger partial charge in [0, 0.05) is 42.9 Å².